The largest absolute Gasteiger partial charge is 0.508 e. The first-order valence-electron chi connectivity index (χ1n) is 6.91. The molecule has 0 saturated carbocycles. The van der Waals surface area contributed by atoms with Gasteiger partial charge in [0.2, 0.25) is 0 Å². The minimum atomic E-state index is -0.440. The van der Waals surface area contributed by atoms with Gasteiger partial charge in [0.25, 0.3) is 0 Å². The van der Waals surface area contributed by atoms with Gasteiger partial charge in [-0.15, -0.1) is 0 Å². The number of hydrogen-bond donors (Lipinski definition) is 2. The fourth-order valence-corrected chi connectivity index (χ4v) is 2.04. The SMILES string of the molecule is COC(=O)c1ccc(OCCCO)cc1-c1ccc(O)cc1. The van der Waals surface area contributed by atoms with E-state index in [1.807, 2.05) is 0 Å². The van der Waals surface area contributed by atoms with Gasteiger partial charge in [-0.1, -0.05) is 12.1 Å². The van der Waals surface area contributed by atoms with Gasteiger partial charge in [0.1, 0.15) is 11.5 Å². The van der Waals surface area contributed by atoms with E-state index in [1.165, 1.54) is 7.11 Å². The molecule has 0 atom stereocenters. The summed E-state index contributed by atoms with van der Waals surface area (Å²) in [6.45, 7) is 0.453. The Morgan fingerprint density at radius 3 is 2.50 bits per heavy atom. The fourth-order valence-electron chi connectivity index (χ4n) is 2.04. The molecule has 0 saturated heterocycles. The van der Waals surface area contributed by atoms with E-state index in [-0.39, 0.29) is 12.4 Å². The summed E-state index contributed by atoms with van der Waals surface area (Å²) in [6, 6.07) is 11.6. The molecule has 0 heterocycles. The number of phenolic OH excluding ortho intramolecular Hbond substituents is 1. The molecule has 0 spiro atoms. The van der Waals surface area contributed by atoms with Crippen LogP contribution in [0.5, 0.6) is 11.5 Å². The van der Waals surface area contributed by atoms with Gasteiger partial charge in [-0.3, -0.25) is 0 Å². The Morgan fingerprint density at radius 2 is 1.86 bits per heavy atom. The summed E-state index contributed by atoms with van der Waals surface area (Å²) in [6.07, 6.45) is 0.535. The Labute approximate surface area is 128 Å². The van der Waals surface area contributed by atoms with Crippen molar-refractivity contribution in [1.29, 1.82) is 0 Å². The smallest absolute Gasteiger partial charge is 0.338 e. The molecular weight excluding hydrogens is 284 g/mol. The van der Waals surface area contributed by atoms with E-state index >= 15 is 0 Å². The van der Waals surface area contributed by atoms with Crippen LogP contribution in [0.4, 0.5) is 0 Å². The lowest BCUT2D eigenvalue weighted by molar-refractivity contribution is 0.0601. The van der Waals surface area contributed by atoms with E-state index in [0.29, 0.717) is 29.9 Å². The molecule has 0 radical (unpaired) electrons. The van der Waals surface area contributed by atoms with E-state index in [4.69, 9.17) is 14.6 Å². The van der Waals surface area contributed by atoms with Crippen molar-refractivity contribution in [2.45, 2.75) is 6.42 Å². The lowest BCUT2D eigenvalue weighted by Gasteiger charge is -2.12. The number of hydrogen-bond acceptors (Lipinski definition) is 5. The standard InChI is InChI=1S/C17H18O5/c1-21-17(20)15-8-7-14(22-10-2-9-18)11-16(15)12-3-5-13(19)6-4-12/h3-8,11,18-19H,2,9-10H2,1H3. The Hall–Kier alpha value is -2.53. The van der Waals surface area contributed by atoms with Gasteiger partial charge < -0.3 is 19.7 Å². The summed E-state index contributed by atoms with van der Waals surface area (Å²) in [5.41, 5.74) is 1.85. The third kappa shape index (κ3) is 3.77. The molecule has 0 aliphatic rings. The van der Waals surface area contributed by atoms with Crippen LogP contribution in [0.3, 0.4) is 0 Å². The Morgan fingerprint density at radius 1 is 1.14 bits per heavy atom. The molecule has 0 amide bonds. The third-order valence-electron chi connectivity index (χ3n) is 3.15. The van der Waals surface area contributed by atoms with Crippen molar-refractivity contribution in [3.8, 4) is 22.6 Å². The number of carbonyl (C=O) groups excluding carboxylic acids is 1. The minimum absolute atomic E-state index is 0.0606. The maximum absolute atomic E-state index is 11.9. The van der Waals surface area contributed by atoms with Crippen LogP contribution in [0.15, 0.2) is 42.5 Å². The molecule has 0 aromatic heterocycles. The number of aliphatic hydroxyl groups excluding tert-OH is 1. The second-order valence-electron chi connectivity index (χ2n) is 4.67. The monoisotopic (exact) mass is 302 g/mol. The van der Waals surface area contributed by atoms with Crippen molar-refractivity contribution in [3.63, 3.8) is 0 Å². The van der Waals surface area contributed by atoms with Crippen molar-refractivity contribution in [3.05, 3.63) is 48.0 Å². The Bertz CT molecular complexity index is 634. The van der Waals surface area contributed by atoms with Crippen LogP contribution in [0.1, 0.15) is 16.8 Å². The maximum atomic E-state index is 11.9. The van der Waals surface area contributed by atoms with E-state index < -0.39 is 5.97 Å². The predicted molar refractivity (Wildman–Crippen MR) is 82.1 cm³/mol. The van der Waals surface area contributed by atoms with Crippen molar-refractivity contribution in [2.24, 2.45) is 0 Å². The molecule has 2 aromatic rings. The number of carbonyl (C=O) groups is 1. The van der Waals surface area contributed by atoms with E-state index in [2.05, 4.69) is 0 Å². The first-order chi connectivity index (χ1) is 10.7. The van der Waals surface area contributed by atoms with E-state index in [9.17, 15) is 9.90 Å². The van der Waals surface area contributed by atoms with Crippen molar-refractivity contribution < 1.29 is 24.5 Å². The molecular formula is C17H18O5. The van der Waals surface area contributed by atoms with Gasteiger partial charge in [0.05, 0.1) is 19.3 Å². The molecule has 0 fully saturated rings. The summed E-state index contributed by atoms with van der Waals surface area (Å²) < 4.78 is 10.3. The maximum Gasteiger partial charge on any atom is 0.338 e. The second kappa shape index (κ2) is 7.47. The molecule has 5 nitrogen and oxygen atoms in total. The zero-order valence-corrected chi connectivity index (χ0v) is 12.3. The highest BCUT2D eigenvalue weighted by atomic mass is 16.5. The van der Waals surface area contributed by atoms with E-state index in [1.54, 1.807) is 42.5 Å². The minimum Gasteiger partial charge on any atom is -0.508 e. The number of aliphatic hydroxyl groups is 1. The molecule has 2 N–H and O–H groups in total. The lowest BCUT2D eigenvalue weighted by Crippen LogP contribution is -2.05. The highest BCUT2D eigenvalue weighted by Gasteiger charge is 2.14. The Balaban J connectivity index is 2.39. The molecule has 5 heteroatoms. The van der Waals surface area contributed by atoms with Gasteiger partial charge >= 0.3 is 5.97 Å². The molecule has 2 aromatic carbocycles. The molecule has 0 unspecified atom stereocenters. The first-order valence-corrected chi connectivity index (χ1v) is 6.91. The number of phenols is 1. The highest BCUT2D eigenvalue weighted by molar-refractivity contribution is 5.97. The summed E-state index contributed by atoms with van der Waals surface area (Å²) in [5, 5.41) is 18.2. The van der Waals surface area contributed by atoms with Gasteiger partial charge in [-0.25, -0.2) is 4.79 Å². The second-order valence-corrected chi connectivity index (χ2v) is 4.67. The lowest BCUT2D eigenvalue weighted by atomic mass is 9.99. The van der Waals surface area contributed by atoms with Crippen LogP contribution in [0, 0.1) is 0 Å². The third-order valence-corrected chi connectivity index (χ3v) is 3.15. The number of methoxy groups -OCH3 is 1. The van der Waals surface area contributed by atoms with Crippen LogP contribution in [0.2, 0.25) is 0 Å². The van der Waals surface area contributed by atoms with Gasteiger partial charge in [-0.2, -0.15) is 0 Å². The van der Waals surface area contributed by atoms with Crippen molar-refractivity contribution >= 4 is 5.97 Å². The van der Waals surface area contributed by atoms with Crippen LogP contribution >= 0.6 is 0 Å². The zero-order chi connectivity index (χ0) is 15.9. The summed E-state index contributed by atoms with van der Waals surface area (Å²) in [7, 11) is 1.33. The van der Waals surface area contributed by atoms with Gasteiger partial charge in [0.15, 0.2) is 0 Å². The quantitative estimate of drug-likeness (QED) is 0.633. The molecule has 2 rings (SSSR count). The van der Waals surface area contributed by atoms with Crippen molar-refractivity contribution in [2.75, 3.05) is 20.3 Å². The average molecular weight is 302 g/mol. The number of esters is 1. The summed E-state index contributed by atoms with van der Waals surface area (Å²) >= 11 is 0. The normalized spacial score (nSPS) is 10.3. The van der Waals surface area contributed by atoms with Crippen LogP contribution in [0.25, 0.3) is 11.1 Å². The first kappa shape index (κ1) is 15.9. The number of aromatic hydroxyl groups is 1. The highest BCUT2D eigenvalue weighted by Crippen LogP contribution is 2.30. The molecule has 0 aliphatic heterocycles. The molecule has 22 heavy (non-hydrogen) atoms. The average Bonchev–Trinajstić information content (AvgIpc) is 2.55. The molecule has 0 bridgehead atoms. The van der Waals surface area contributed by atoms with Crippen LogP contribution in [-0.2, 0) is 4.74 Å². The summed E-state index contributed by atoms with van der Waals surface area (Å²) in [5.74, 6) is 0.313. The fraction of sp³-hybridized carbons (Fsp3) is 0.235. The van der Waals surface area contributed by atoms with Gasteiger partial charge in [0, 0.05) is 13.0 Å². The number of benzene rings is 2. The topological polar surface area (TPSA) is 76.0 Å². The van der Waals surface area contributed by atoms with Crippen LogP contribution in [-0.4, -0.2) is 36.5 Å². The van der Waals surface area contributed by atoms with E-state index in [0.717, 1.165) is 5.56 Å². The molecule has 0 aliphatic carbocycles. The number of rotatable bonds is 6. The Kier molecular flexibility index (Phi) is 5.38. The number of ether oxygens (including phenoxy) is 2. The predicted octanol–water partition coefficient (Wildman–Crippen LogP) is 2.61. The van der Waals surface area contributed by atoms with Crippen molar-refractivity contribution in [1.82, 2.24) is 0 Å². The van der Waals surface area contributed by atoms with Crippen LogP contribution < -0.4 is 4.74 Å². The summed E-state index contributed by atoms with van der Waals surface area (Å²) in [4.78, 5) is 11.9. The zero-order valence-electron chi connectivity index (χ0n) is 12.3. The molecule has 116 valence electrons. The van der Waals surface area contributed by atoms with Gasteiger partial charge in [-0.05, 0) is 41.5 Å².